The molecule has 2 aliphatic heterocycles. The Hall–Kier alpha value is -3.77. The van der Waals surface area contributed by atoms with E-state index in [9.17, 15) is 9.59 Å². The van der Waals surface area contributed by atoms with Crippen molar-refractivity contribution in [3.63, 3.8) is 0 Å². The number of allylic oxidation sites excluding steroid dienone is 1. The molecule has 0 N–H and O–H groups in total. The number of nitrogens with zero attached hydrogens (tertiary/aromatic N) is 2. The number of benzene rings is 2. The first-order valence-electron chi connectivity index (χ1n) is 10.2. The highest BCUT2D eigenvalue weighted by molar-refractivity contribution is 7.11. The maximum Gasteiger partial charge on any atom is 0.191 e. The van der Waals surface area contributed by atoms with Gasteiger partial charge in [0, 0.05) is 23.1 Å². The first kappa shape index (κ1) is 20.2. The van der Waals surface area contributed by atoms with Crippen molar-refractivity contribution in [2.45, 2.75) is 12.5 Å². The van der Waals surface area contributed by atoms with Gasteiger partial charge in [-0.2, -0.15) is 0 Å². The van der Waals surface area contributed by atoms with E-state index in [-0.39, 0.29) is 11.6 Å². The van der Waals surface area contributed by atoms with Crippen molar-refractivity contribution >= 4 is 34.9 Å². The van der Waals surface area contributed by atoms with E-state index in [4.69, 9.17) is 4.74 Å². The lowest BCUT2D eigenvalue weighted by Gasteiger charge is -2.26. The van der Waals surface area contributed by atoms with E-state index in [1.165, 1.54) is 0 Å². The molecule has 0 bridgehead atoms. The van der Waals surface area contributed by atoms with Crippen LogP contribution in [0.4, 0.5) is 0 Å². The number of hydrogen-bond acceptors (Lipinski definition) is 6. The minimum absolute atomic E-state index is 0.0551. The Kier molecular flexibility index (Phi) is 5.29. The summed E-state index contributed by atoms with van der Waals surface area (Å²) < 4.78 is 5.20. The predicted molar refractivity (Wildman–Crippen MR) is 126 cm³/mol. The van der Waals surface area contributed by atoms with E-state index < -0.39 is 6.04 Å². The molecule has 0 fully saturated rings. The summed E-state index contributed by atoms with van der Waals surface area (Å²) in [6, 6.07) is 19.7. The van der Waals surface area contributed by atoms with Gasteiger partial charge in [-0.1, -0.05) is 36.4 Å². The molecule has 6 heteroatoms. The second kappa shape index (κ2) is 8.40. The van der Waals surface area contributed by atoms with Crippen molar-refractivity contribution in [2.24, 2.45) is 4.99 Å². The fourth-order valence-corrected chi connectivity index (χ4v) is 4.71. The topological polar surface area (TPSA) is 59.0 Å². The molecule has 158 valence electrons. The first-order chi connectivity index (χ1) is 15.7. The van der Waals surface area contributed by atoms with Crippen LogP contribution in [0.15, 0.2) is 94.4 Å². The molecule has 1 atom stereocenters. The standard InChI is InChI=1S/C26H20N2O3S/c1-31-19-11-9-18(10-12-19)26(30)23-14-20(25(29)17-6-3-2-4-7-17)22-15-21(27-16-28(22)23)24-8-5-13-32-24/h2-13,15-16,23H,14H2,1H3/t23-/m0/s1. The predicted octanol–water partition coefficient (Wildman–Crippen LogP) is 5.23. The smallest absolute Gasteiger partial charge is 0.191 e. The molecule has 0 saturated heterocycles. The van der Waals surface area contributed by atoms with E-state index in [0.29, 0.717) is 28.9 Å². The second-order valence-electron chi connectivity index (χ2n) is 7.53. The highest BCUT2D eigenvalue weighted by Gasteiger charge is 2.39. The molecular weight excluding hydrogens is 420 g/mol. The number of methoxy groups -OCH3 is 1. The van der Waals surface area contributed by atoms with Gasteiger partial charge >= 0.3 is 0 Å². The summed E-state index contributed by atoms with van der Waals surface area (Å²) in [7, 11) is 1.59. The largest absolute Gasteiger partial charge is 0.497 e. The minimum atomic E-state index is -0.522. The summed E-state index contributed by atoms with van der Waals surface area (Å²) in [6.07, 6.45) is 3.93. The van der Waals surface area contributed by atoms with E-state index in [2.05, 4.69) is 4.99 Å². The number of hydrogen-bond donors (Lipinski definition) is 0. The number of thiophene rings is 1. The van der Waals surface area contributed by atoms with Crippen molar-refractivity contribution in [1.82, 2.24) is 4.90 Å². The summed E-state index contributed by atoms with van der Waals surface area (Å²) in [5, 5.41) is 1.99. The Morgan fingerprint density at radius 2 is 1.78 bits per heavy atom. The summed E-state index contributed by atoms with van der Waals surface area (Å²) >= 11 is 1.59. The molecule has 3 aromatic rings. The monoisotopic (exact) mass is 440 g/mol. The van der Waals surface area contributed by atoms with E-state index >= 15 is 0 Å². The average Bonchev–Trinajstić information content (AvgIpc) is 3.52. The highest BCUT2D eigenvalue weighted by atomic mass is 32.1. The zero-order chi connectivity index (χ0) is 22.1. The van der Waals surface area contributed by atoms with Gasteiger partial charge in [0.1, 0.15) is 11.8 Å². The van der Waals surface area contributed by atoms with Crippen LogP contribution in [-0.4, -0.2) is 36.0 Å². The normalized spacial score (nSPS) is 17.2. The number of fused-ring (bicyclic) bond motifs is 1. The number of Topliss-reactive ketones (excluding diaryl/α,β-unsaturated/α-hetero) is 2. The molecule has 2 aliphatic rings. The van der Waals surface area contributed by atoms with Gasteiger partial charge in [0.05, 0.1) is 29.7 Å². The highest BCUT2D eigenvalue weighted by Crippen LogP contribution is 2.37. The number of ketones is 2. The Morgan fingerprint density at radius 1 is 1.00 bits per heavy atom. The summed E-state index contributed by atoms with van der Waals surface area (Å²) in [6.45, 7) is 0. The summed E-state index contributed by atoms with van der Waals surface area (Å²) in [5.41, 5.74) is 3.35. The van der Waals surface area contributed by atoms with Crippen LogP contribution in [0.25, 0.3) is 5.70 Å². The lowest BCUT2D eigenvalue weighted by Crippen LogP contribution is -2.36. The lowest BCUT2D eigenvalue weighted by molar-refractivity contribution is 0.0918. The van der Waals surface area contributed by atoms with Crippen molar-refractivity contribution in [3.8, 4) is 5.75 Å². The Labute approximate surface area is 190 Å². The van der Waals surface area contributed by atoms with Crippen molar-refractivity contribution in [1.29, 1.82) is 0 Å². The number of carbonyl (C=O) groups is 2. The second-order valence-corrected chi connectivity index (χ2v) is 8.48. The van der Waals surface area contributed by atoms with Crippen LogP contribution in [0.3, 0.4) is 0 Å². The number of aliphatic imine (C=N–C) groups is 1. The molecule has 0 amide bonds. The molecule has 32 heavy (non-hydrogen) atoms. The Balaban J connectivity index is 1.53. The maximum absolute atomic E-state index is 13.4. The molecule has 1 aromatic heterocycles. The van der Waals surface area contributed by atoms with Gasteiger partial charge in [-0.15, -0.1) is 11.3 Å². The van der Waals surface area contributed by atoms with E-state index in [1.807, 2.05) is 46.7 Å². The van der Waals surface area contributed by atoms with Crippen LogP contribution in [0, 0.1) is 0 Å². The fraction of sp³-hybridized carbons (Fsp3) is 0.115. The minimum Gasteiger partial charge on any atom is -0.497 e. The lowest BCUT2D eigenvalue weighted by atomic mass is 9.95. The third-order valence-corrected chi connectivity index (χ3v) is 6.57. The van der Waals surface area contributed by atoms with Crippen molar-refractivity contribution in [2.75, 3.05) is 7.11 Å². The molecule has 0 aliphatic carbocycles. The van der Waals surface area contributed by atoms with Crippen LogP contribution < -0.4 is 4.74 Å². The van der Waals surface area contributed by atoms with E-state index in [0.717, 1.165) is 16.3 Å². The number of ether oxygens (including phenoxy) is 1. The zero-order valence-electron chi connectivity index (χ0n) is 17.4. The third-order valence-electron chi connectivity index (χ3n) is 5.68. The molecule has 2 aromatic carbocycles. The number of carbonyl (C=O) groups excluding carboxylic acids is 2. The average molecular weight is 441 g/mol. The van der Waals surface area contributed by atoms with E-state index in [1.54, 1.807) is 61.2 Å². The van der Waals surface area contributed by atoms with Gasteiger partial charge in [0.15, 0.2) is 11.6 Å². The van der Waals surface area contributed by atoms with Crippen LogP contribution in [0.1, 0.15) is 32.0 Å². The van der Waals surface area contributed by atoms with Gasteiger partial charge in [0.2, 0.25) is 0 Å². The Bertz CT molecular complexity index is 1260. The molecule has 5 rings (SSSR count). The molecule has 0 spiro atoms. The molecule has 0 unspecified atom stereocenters. The molecule has 0 radical (unpaired) electrons. The first-order valence-corrected chi connectivity index (χ1v) is 11.1. The van der Waals surface area contributed by atoms with Crippen LogP contribution in [-0.2, 0) is 0 Å². The van der Waals surface area contributed by atoms with Crippen LogP contribution in [0.2, 0.25) is 0 Å². The molecule has 5 nitrogen and oxygen atoms in total. The van der Waals surface area contributed by atoms with Crippen molar-refractivity contribution < 1.29 is 14.3 Å². The maximum atomic E-state index is 13.4. The van der Waals surface area contributed by atoms with Crippen molar-refractivity contribution in [3.05, 3.63) is 105 Å². The third kappa shape index (κ3) is 3.59. The summed E-state index contributed by atoms with van der Waals surface area (Å²) in [4.78, 5) is 34.3. The number of rotatable bonds is 6. The summed E-state index contributed by atoms with van der Waals surface area (Å²) in [5.74, 6) is 0.572. The van der Waals surface area contributed by atoms with Gasteiger partial charge in [0.25, 0.3) is 0 Å². The van der Waals surface area contributed by atoms with Crippen LogP contribution in [0.5, 0.6) is 5.75 Å². The molecular formula is C26H20N2O3S. The van der Waals surface area contributed by atoms with Crippen LogP contribution >= 0.6 is 11.3 Å². The van der Waals surface area contributed by atoms with Gasteiger partial charge in [-0.3, -0.25) is 9.59 Å². The molecule has 0 saturated carbocycles. The van der Waals surface area contributed by atoms with Gasteiger partial charge in [-0.05, 0) is 41.8 Å². The molecule has 3 heterocycles. The van der Waals surface area contributed by atoms with Gasteiger partial charge in [-0.25, -0.2) is 4.99 Å². The van der Waals surface area contributed by atoms with Gasteiger partial charge < -0.3 is 9.64 Å². The Morgan fingerprint density at radius 3 is 2.47 bits per heavy atom. The quantitative estimate of drug-likeness (QED) is 0.492. The zero-order valence-corrected chi connectivity index (χ0v) is 18.2. The SMILES string of the molecule is COc1ccc(C(=O)[C@@H]2CC(C(=O)c3ccccc3)=C3C=C(c4cccs4)N=CN32)cc1. The fourth-order valence-electron chi connectivity index (χ4n) is 4.01.